The lowest BCUT2D eigenvalue weighted by molar-refractivity contribution is 0.355. The van der Waals surface area contributed by atoms with E-state index in [0.29, 0.717) is 28.1 Å². The van der Waals surface area contributed by atoms with Gasteiger partial charge >= 0.3 is 0 Å². The van der Waals surface area contributed by atoms with Crippen LogP contribution in [0.1, 0.15) is 5.56 Å². The van der Waals surface area contributed by atoms with Gasteiger partial charge in [0.05, 0.1) is 35.3 Å². The molecule has 6 heteroatoms. The van der Waals surface area contributed by atoms with E-state index in [1.165, 1.54) is 0 Å². The van der Waals surface area contributed by atoms with Crippen LogP contribution in [0.2, 0.25) is 10.0 Å². The van der Waals surface area contributed by atoms with Gasteiger partial charge in [-0.2, -0.15) is 0 Å². The van der Waals surface area contributed by atoms with E-state index in [4.69, 9.17) is 37.7 Å². The van der Waals surface area contributed by atoms with E-state index in [0.717, 1.165) is 28.0 Å². The predicted octanol–water partition coefficient (Wildman–Crippen LogP) is 6.08. The van der Waals surface area contributed by atoms with Crippen molar-refractivity contribution in [2.24, 2.45) is 0 Å². The summed E-state index contributed by atoms with van der Waals surface area (Å²) in [5.41, 5.74) is 3.94. The molecule has 1 aromatic heterocycles. The van der Waals surface area contributed by atoms with Crippen LogP contribution in [0.15, 0.2) is 60.7 Å². The Hall–Kier alpha value is -2.69. The van der Waals surface area contributed by atoms with Gasteiger partial charge in [0.2, 0.25) is 0 Å². The highest BCUT2D eigenvalue weighted by Gasteiger charge is 2.15. The van der Waals surface area contributed by atoms with Crippen molar-refractivity contribution >= 4 is 34.2 Å². The third-order valence-corrected chi connectivity index (χ3v) is 5.36. The number of hydrogen-bond acceptors (Lipinski definition) is 3. The number of benzene rings is 3. The fourth-order valence-corrected chi connectivity index (χ4v) is 3.57. The summed E-state index contributed by atoms with van der Waals surface area (Å²) in [6.07, 6.45) is 0. The van der Waals surface area contributed by atoms with Gasteiger partial charge in [-0.3, -0.25) is 0 Å². The molecule has 1 heterocycles. The molecule has 0 aliphatic carbocycles. The van der Waals surface area contributed by atoms with Crippen LogP contribution in [0.5, 0.6) is 11.5 Å². The highest BCUT2D eigenvalue weighted by atomic mass is 35.5. The molecule has 28 heavy (non-hydrogen) atoms. The minimum absolute atomic E-state index is 0.538. The summed E-state index contributed by atoms with van der Waals surface area (Å²) in [7, 11) is 3.25. The van der Waals surface area contributed by atoms with Gasteiger partial charge in [-0.1, -0.05) is 41.4 Å². The summed E-state index contributed by atoms with van der Waals surface area (Å²) in [5.74, 6) is 2.18. The van der Waals surface area contributed by atoms with E-state index >= 15 is 0 Å². The Morgan fingerprint density at radius 1 is 0.857 bits per heavy atom. The lowest BCUT2D eigenvalue weighted by atomic mass is 10.1. The van der Waals surface area contributed by atoms with Crippen molar-refractivity contribution in [3.63, 3.8) is 0 Å². The Kier molecular flexibility index (Phi) is 5.16. The number of aromatic nitrogens is 2. The van der Waals surface area contributed by atoms with Crippen molar-refractivity contribution in [1.82, 2.24) is 9.55 Å². The summed E-state index contributed by atoms with van der Waals surface area (Å²) in [6.45, 7) is 0.612. The van der Waals surface area contributed by atoms with Crippen molar-refractivity contribution in [3.05, 3.63) is 76.3 Å². The molecule has 0 radical (unpaired) electrons. The van der Waals surface area contributed by atoms with Crippen molar-refractivity contribution in [1.29, 1.82) is 0 Å². The Morgan fingerprint density at radius 2 is 1.64 bits per heavy atom. The molecular formula is C22H18Cl2N2O2. The van der Waals surface area contributed by atoms with Gasteiger partial charge in [-0.15, -0.1) is 0 Å². The zero-order valence-electron chi connectivity index (χ0n) is 15.4. The summed E-state index contributed by atoms with van der Waals surface area (Å²) < 4.78 is 13.0. The maximum absolute atomic E-state index is 6.21. The quantitative estimate of drug-likeness (QED) is 0.398. The van der Waals surface area contributed by atoms with Crippen LogP contribution in [0.3, 0.4) is 0 Å². The first-order valence-corrected chi connectivity index (χ1v) is 9.48. The van der Waals surface area contributed by atoms with E-state index in [-0.39, 0.29) is 0 Å². The number of rotatable bonds is 5. The fraction of sp³-hybridized carbons (Fsp3) is 0.136. The molecule has 0 bridgehead atoms. The summed E-state index contributed by atoms with van der Waals surface area (Å²) in [6, 6.07) is 19.5. The molecule has 0 N–H and O–H groups in total. The van der Waals surface area contributed by atoms with Crippen LogP contribution in [-0.2, 0) is 6.54 Å². The zero-order chi connectivity index (χ0) is 19.7. The van der Waals surface area contributed by atoms with E-state index in [1.807, 2.05) is 54.6 Å². The van der Waals surface area contributed by atoms with Crippen LogP contribution in [0.25, 0.3) is 22.4 Å². The van der Waals surface area contributed by atoms with E-state index < -0.39 is 0 Å². The summed E-state index contributed by atoms with van der Waals surface area (Å²) >= 11 is 12.3. The first-order valence-electron chi connectivity index (χ1n) is 8.72. The normalized spacial score (nSPS) is 11.0. The molecule has 142 valence electrons. The van der Waals surface area contributed by atoms with Crippen molar-refractivity contribution < 1.29 is 9.47 Å². The molecule has 0 unspecified atom stereocenters. The number of nitrogens with zero attached hydrogens (tertiary/aromatic N) is 2. The number of imidazole rings is 1. The van der Waals surface area contributed by atoms with Crippen LogP contribution >= 0.6 is 23.2 Å². The van der Waals surface area contributed by atoms with Crippen molar-refractivity contribution in [2.75, 3.05) is 14.2 Å². The molecule has 4 aromatic rings. The molecule has 0 aliphatic rings. The molecule has 0 atom stereocenters. The molecule has 0 spiro atoms. The highest BCUT2D eigenvalue weighted by Crippen LogP contribution is 2.34. The van der Waals surface area contributed by atoms with Crippen molar-refractivity contribution in [3.8, 4) is 22.9 Å². The third-order valence-electron chi connectivity index (χ3n) is 4.62. The number of para-hydroxylation sites is 2. The van der Waals surface area contributed by atoms with Gasteiger partial charge in [0, 0.05) is 12.1 Å². The third kappa shape index (κ3) is 3.41. The second-order valence-electron chi connectivity index (χ2n) is 6.33. The molecule has 3 aromatic carbocycles. The number of halogens is 2. The molecule has 0 amide bonds. The van der Waals surface area contributed by atoms with E-state index in [9.17, 15) is 0 Å². The van der Waals surface area contributed by atoms with Gasteiger partial charge in [0.1, 0.15) is 5.82 Å². The van der Waals surface area contributed by atoms with Crippen LogP contribution in [0.4, 0.5) is 0 Å². The Bertz CT molecular complexity index is 1150. The first-order chi connectivity index (χ1) is 13.6. The molecule has 0 fully saturated rings. The van der Waals surface area contributed by atoms with Crippen LogP contribution < -0.4 is 9.47 Å². The summed E-state index contributed by atoms with van der Waals surface area (Å²) in [4.78, 5) is 4.86. The Labute approximate surface area is 173 Å². The standard InChI is InChI=1S/C22H18Cl2N2O2/c1-27-20-10-8-15(12-21(20)28-2)22-25-18-5-3-4-6-19(18)26(22)13-14-7-9-16(23)17(24)11-14/h3-12H,13H2,1-2H3. The summed E-state index contributed by atoms with van der Waals surface area (Å²) in [5, 5.41) is 1.08. The predicted molar refractivity (Wildman–Crippen MR) is 114 cm³/mol. The molecule has 0 saturated heterocycles. The number of fused-ring (bicyclic) bond motifs is 1. The molecular weight excluding hydrogens is 395 g/mol. The average molecular weight is 413 g/mol. The maximum atomic E-state index is 6.21. The second kappa shape index (κ2) is 7.74. The van der Waals surface area contributed by atoms with E-state index in [2.05, 4.69) is 10.6 Å². The second-order valence-corrected chi connectivity index (χ2v) is 7.14. The molecule has 4 rings (SSSR count). The topological polar surface area (TPSA) is 36.3 Å². The van der Waals surface area contributed by atoms with Gasteiger partial charge in [-0.05, 0) is 48.0 Å². The minimum Gasteiger partial charge on any atom is -0.493 e. The van der Waals surface area contributed by atoms with Crippen LogP contribution in [0, 0.1) is 0 Å². The van der Waals surface area contributed by atoms with Gasteiger partial charge in [0.15, 0.2) is 11.5 Å². The van der Waals surface area contributed by atoms with Gasteiger partial charge < -0.3 is 14.0 Å². The smallest absolute Gasteiger partial charge is 0.161 e. The SMILES string of the molecule is COc1ccc(-c2nc3ccccc3n2Cc2ccc(Cl)c(Cl)c2)cc1OC. The highest BCUT2D eigenvalue weighted by molar-refractivity contribution is 6.42. The largest absolute Gasteiger partial charge is 0.493 e. The Balaban J connectivity index is 1.87. The van der Waals surface area contributed by atoms with Crippen LogP contribution in [-0.4, -0.2) is 23.8 Å². The lowest BCUT2D eigenvalue weighted by Crippen LogP contribution is -2.03. The minimum atomic E-state index is 0.538. The number of hydrogen-bond donors (Lipinski definition) is 0. The molecule has 4 nitrogen and oxygen atoms in total. The average Bonchev–Trinajstić information content (AvgIpc) is 3.08. The molecule has 0 saturated carbocycles. The lowest BCUT2D eigenvalue weighted by Gasteiger charge is -2.12. The Morgan fingerprint density at radius 3 is 2.39 bits per heavy atom. The monoisotopic (exact) mass is 412 g/mol. The van der Waals surface area contributed by atoms with E-state index in [1.54, 1.807) is 14.2 Å². The number of methoxy groups -OCH3 is 2. The first kappa shape index (κ1) is 18.7. The van der Waals surface area contributed by atoms with Gasteiger partial charge in [-0.25, -0.2) is 4.98 Å². The van der Waals surface area contributed by atoms with Crippen molar-refractivity contribution in [2.45, 2.75) is 6.54 Å². The molecule has 0 aliphatic heterocycles. The zero-order valence-corrected chi connectivity index (χ0v) is 17.0. The van der Waals surface area contributed by atoms with Gasteiger partial charge in [0.25, 0.3) is 0 Å². The fourth-order valence-electron chi connectivity index (χ4n) is 3.25. The maximum Gasteiger partial charge on any atom is 0.161 e. The number of ether oxygens (including phenoxy) is 2.